The van der Waals surface area contributed by atoms with Crippen LogP contribution in [0.4, 0.5) is 4.79 Å². The van der Waals surface area contributed by atoms with Gasteiger partial charge in [-0.25, -0.2) is 4.79 Å². The highest BCUT2D eigenvalue weighted by atomic mass is 32.1. The number of nitrogens with one attached hydrogen (secondary N) is 3. The summed E-state index contributed by atoms with van der Waals surface area (Å²) in [6.07, 6.45) is 1.10. The van der Waals surface area contributed by atoms with Gasteiger partial charge in [-0.05, 0) is 34.9 Å². The van der Waals surface area contributed by atoms with E-state index in [2.05, 4.69) is 54.1 Å². The van der Waals surface area contributed by atoms with Gasteiger partial charge in [0.1, 0.15) is 0 Å². The van der Waals surface area contributed by atoms with Crippen molar-refractivity contribution in [3.63, 3.8) is 0 Å². The van der Waals surface area contributed by atoms with E-state index in [1.165, 1.54) is 12.6 Å². The molecule has 1 aromatic heterocycles. The standard InChI is InChI=1S/C19H25N3O2S/c1-4-13(2)14-7-9-15(10-8-14)18(16-6-5-11-25-16)21-12-17(23)22-19(24)20-3/h5-11,13,18,21H,4,12H2,1-3H3,(H2,20,22,23,24)/t13-,18-/m1/s1. The molecule has 1 aromatic carbocycles. The number of thiophene rings is 1. The zero-order valence-electron chi connectivity index (χ0n) is 14.8. The van der Waals surface area contributed by atoms with Crippen LogP contribution in [0.5, 0.6) is 0 Å². The Kier molecular flexibility index (Phi) is 7.16. The lowest BCUT2D eigenvalue weighted by molar-refractivity contribution is -0.119. The molecule has 0 saturated heterocycles. The number of carbonyl (C=O) groups is 2. The first kappa shape index (κ1) is 19.1. The fourth-order valence-corrected chi connectivity index (χ4v) is 3.35. The summed E-state index contributed by atoms with van der Waals surface area (Å²) in [7, 11) is 1.48. The second-order valence-corrected chi connectivity index (χ2v) is 6.91. The van der Waals surface area contributed by atoms with Crippen molar-refractivity contribution in [2.45, 2.75) is 32.2 Å². The molecule has 2 aromatic rings. The minimum atomic E-state index is -0.502. The maximum Gasteiger partial charge on any atom is 0.321 e. The highest BCUT2D eigenvalue weighted by molar-refractivity contribution is 7.10. The average molecular weight is 359 g/mol. The van der Waals surface area contributed by atoms with Crippen molar-refractivity contribution in [1.82, 2.24) is 16.0 Å². The van der Waals surface area contributed by atoms with Crippen LogP contribution in [0.15, 0.2) is 41.8 Å². The molecule has 5 nitrogen and oxygen atoms in total. The summed E-state index contributed by atoms with van der Waals surface area (Å²) >= 11 is 1.64. The van der Waals surface area contributed by atoms with Crippen molar-refractivity contribution in [2.24, 2.45) is 0 Å². The van der Waals surface area contributed by atoms with Crippen molar-refractivity contribution in [1.29, 1.82) is 0 Å². The largest absolute Gasteiger partial charge is 0.341 e. The Bertz CT molecular complexity index is 683. The molecule has 0 bridgehead atoms. The third-order valence-electron chi connectivity index (χ3n) is 4.23. The van der Waals surface area contributed by atoms with E-state index in [0.29, 0.717) is 5.92 Å². The predicted molar refractivity (Wildman–Crippen MR) is 102 cm³/mol. The quantitative estimate of drug-likeness (QED) is 0.710. The Morgan fingerprint density at radius 1 is 1.12 bits per heavy atom. The van der Waals surface area contributed by atoms with Crippen molar-refractivity contribution >= 4 is 23.3 Å². The van der Waals surface area contributed by atoms with Crippen LogP contribution in [-0.4, -0.2) is 25.5 Å². The first-order chi connectivity index (χ1) is 12.0. The molecule has 6 heteroatoms. The Morgan fingerprint density at radius 2 is 1.80 bits per heavy atom. The summed E-state index contributed by atoms with van der Waals surface area (Å²) in [5.74, 6) is 0.165. The number of amides is 3. The normalized spacial score (nSPS) is 13.1. The van der Waals surface area contributed by atoms with E-state index in [4.69, 9.17) is 0 Å². The molecule has 0 spiro atoms. The Balaban J connectivity index is 2.11. The van der Waals surface area contributed by atoms with Crippen molar-refractivity contribution in [2.75, 3.05) is 13.6 Å². The third kappa shape index (κ3) is 5.41. The monoisotopic (exact) mass is 359 g/mol. The van der Waals surface area contributed by atoms with Gasteiger partial charge in [-0.2, -0.15) is 0 Å². The Hall–Kier alpha value is -2.18. The van der Waals surface area contributed by atoms with E-state index < -0.39 is 6.03 Å². The number of rotatable bonds is 7. The van der Waals surface area contributed by atoms with E-state index in [0.717, 1.165) is 16.9 Å². The molecule has 0 fully saturated rings. The van der Waals surface area contributed by atoms with E-state index in [1.54, 1.807) is 11.3 Å². The summed E-state index contributed by atoms with van der Waals surface area (Å²) in [4.78, 5) is 24.2. The van der Waals surface area contributed by atoms with Crippen LogP contribution in [0.25, 0.3) is 0 Å². The lowest BCUT2D eigenvalue weighted by atomic mass is 9.95. The van der Waals surface area contributed by atoms with Crippen molar-refractivity contribution < 1.29 is 9.59 Å². The molecular formula is C19H25N3O2S. The second kappa shape index (κ2) is 9.34. The number of benzene rings is 1. The molecule has 0 unspecified atom stereocenters. The van der Waals surface area contributed by atoms with Crippen molar-refractivity contribution in [3.05, 3.63) is 57.8 Å². The molecule has 0 aliphatic carbocycles. The SMILES string of the molecule is CC[C@@H](C)c1ccc([C@@H](NCC(=O)NC(=O)NC)c2cccs2)cc1. The molecule has 0 aliphatic heterocycles. The number of carbonyl (C=O) groups excluding carboxylic acids is 2. The first-order valence-electron chi connectivity index (χ1n) is 8.43. The molecular weight excluding hydrogens is 334 g/mol. The zero-order chi connectivity index (χ0) is 18.2. The van der Waals surface area contributed by atoms with Gasteiger partial charge < -0.3 is 5.32 Å². The molecule has 3 amide bonds. The number of urea groups is 1. The van der Waals surface area contributed by atoms with Gasteiger partial charge in [0, 0.05) is 11.9 Å². The van der Waals surface area contributed by atoms with Crippen LogP contribution in [0.2, 0.25) is 0 Å². The molecule has 0 aliphatic rings. The summed E-state index contributed by atoms with van der Waals surface area (Å²) in [5, 5.41) is 9.90. The van der Waals surface area contributed by atoms with Gasteiger partial charge in [0.15, 0.2) is 0 Å². The highest BCUT2D eigenvalue weighted by Crippen LogP contribution is 2.27. The molecule has 25 heavy (non-hydrogen) atoms. The smallest absolute Gasteiger partial charge is 0.321 e. The maximum absolute atomic E-state index is 11.9. The molecule has 2 rings (SSSR count). The molecule has 0 saturated carbocycles. The van der Waals surface area contributed by atoms with E-state index in [1.807, 2.05) is 17.5 Å². The fourth-order valence-electron chi connectivity index (χ4n) is 2.52. The van der Waals surface area contributed by atoms with Crippen LogP contribution in [0.3, 0.4) is 0 Å². The number of imide groups is 1. The van der Waals surface area contributed by atoms with Gasteiger partial charge >= 0.3 is 6.03 Å². The van der Waals surface area contributed by atoms with Crippen LogP contribution < -0.4 is 16.0 Å². The highest BCUT2D eigenvalue weighted by Gasteiger charge is 2.17. The molecule has 2 atom stereocenters. The van der Waals surface area contributed by atoms with Gasteiger partial charge in [0.05, 0.1) is 12.6 Å². The van der Waals surface area contributed by atoms with Crippen LogP contribution in [0.1, 0.15) is 48.2 Å². The molecule has 1 heterocycles. The second-order valence-electron chi connectivity index (χ2n) is 5.93. The van der Waals surface area contributed by atoms with Crippen LogP contribution in [-0.2, 0) is 4.79 Å². The van der Waals surface area contributed by atoms with Gasteiger partial charge in [0.25, 0.3) is 0 Å². The fraction of sp³-hybridized carbons (Fsp3) is 0.368. The predicted octanol–water partition coefficient (Wildman–Crippen LogP) is 3.40. The summed E-state index contributed by atoms with van der Waals surface area (Å²) < 4.78 is 0. The van der Waals surface area contributed by atoms with E-state index >= 15 is 0 Å². The van der Waals surface area contributed by atoms with Gasteiger partial charge in [-0.15, -0.1) is 11.3 Å². The van der Waals surface area contributed by atoms with E-state index in [9.17, 15) is 9.59 Å². The molecule has 0 radical (unpaired) electrons. The number of hydrogen-bond donors (Lipinski definition) is 3. The van der Waals surface area contributed by atoms with Gasteiger partial charge in [0.2, 0.25) is 5.91 Å². The summed E-state index contributed by atoms with van der Waals surface area (Å²) in [6.45, 7) is 4.45. The maximum atomic E-state index is 11.9. The van der Waals surface area contributed by atoms with Gasteiger partial charge in [-0.1, -0.05) is 44.2 Å². The van der Waals surface area contributed by atoms with Crippen LogP contribution >= 0.6 is 11.3 Å². The summed E-state index contributed by atoms with van der Waals surface area (Å²) in [5.41, 5.74) is 2.41. The van der Waals surface area contributed by atoms with Crippen molar-refractivity contribution in [3.8, 4) is 0 Å². The minimum Gasteiger partial charge on any atom is -0.341 e. The minimum absolute atomic E-state index is 0.0586. The average Bonchev–Trinajstić information content (AvgIpc) is 3.16. The number of hydrogen-bond acceptors (Lipinski definition) is 4. The lowest BCUT2D eigenvalue weighted by Gasteiger charge is -2.19. The Labute approximate surface area is 152 Å². The van der Waals surface area contributed by atoms with E-state index in [-0.39, 0.29) is 18.5 Å². The lowest BCUT2D eigenvalue weighted by Crippen LogP contribution is -2.42. The topological polar surface area (TPSA) is 70.2 Å². The van der Waals surface area contributed by atoms with Crippen LogP contribution in [0, 0.1) is 0 Å². The summed E-state index contributed by atoms with van der Waals surface area (Å²) in [6, 6.07) is 12.0. The molecule has 134 valence electrons. The zero-order valence-corrected chi connectivity index (χ0v) is 15.7. The van der Waals surface area contributed by atoms with Gasteiger partial charge in [-0.3, -0.25) is 15.4 Å². The Morgan fingerprint density at radius 3 is 2.36 bits per heavy atom. The third-order valence-corrected chi connectivity index (χ3v) is 5.16. The first-order valence-corrected chi connectivity index (χ1v) is 9.31. The molecule has 3 N–H and O–H groups in total.